The van der Waals surface area contributed by atoms with E-state index in [2.05, 4.69) is 15.8 Å². The van der Waals surface area contributed by atoms with Crippen molar-refractivity contribution in [2.75, 3.05) is 26.1 Å². The molecule has 0 atom stereocenters. The fraction of sp³-hybridized carbons (Fsp3) is 0.125. The molecule has 0 aliphatic carbocycles. The summed E-state index contributed by atoms with van der Waals surface area (Å²) in [4.78, 5) is 38.2. The number of methoxy groups -OCH3 is 2. The van der Waals surface area contributed by atoms with Crippen molar-refractivity contribution in [2.45, 2.75) is 6.54 Å². The SMILES string of the molecule is COc1ccccc1NC(=O)COc1ccc(/C=N/NC(=O)Cn2c3ccccc3c(=O)c3ccccc32)cc1OC. The van der Waals surface area contributed by atoms with Gasteiger partial charge in [0.15, 0.2) is 23.5 Å². The third-order valence-electron chi connectivity index (χ3n) is 6.51. The summed E-state index contributed by atoms with van der Waals surface area (Å²) in [7, 11) is 3.01. The first-order valence-corrected chi connectivity index (χ1v) is 13.0. The Morgan fingerprint density at radius 3 is 2.12 bits per heavy atom. The number of carbonyl (C=O) groups is 2. The van der Waals surface area contributed by atoms with Crippen molar-refractivity contribution in [3.63, 3.8) is 0 Å². The van der Waals surface area contributed by atoms with Gasteiger partial charge in [0.05, 0.1) is 37.2 Å². The fourth-order valence-corrected chi connectivity index (χ4v) is 4.57. The van der Waals surface area contributed by atoms with E-state index in [1.807, 2.05) is 30.3 Å². The number of amides is 2. The van der Waals surface area contributed by atoms with Crippen LogP contribution in [0.5, 0.6) is 17.2 Å². The Morgan fingerprint density at radius 1 is 0.786 bits per heavy atom. The minimum Gasteiger partial charge on any atom is -0.495 e. The van der Waals surface area contributed by atoms with Crippen LogP contribution in [0.1, 0.15) is 5.56 Å². The maximum absolute atomic E-state index is 12.9. The molecule has 4 aromatic carbocycles. The topological polar surface area (TPSA) is 120 Å². The summed E-state index contributed by atoms with van der Waals surface area (Å²) in [5.41, 5.74) is 4.97. The van der Waals surface area contributed by atoms with E-state index in [0.717, 1.165) is 0 Å². The third kappa shape index (κ3) is 6.07. The number of carbonyl (C=O) groups excluding carboxylic acids is 2. The molecule has 42 heavy (non-hydrogen) atoms. The van der Waals surface area contributed by atoms with E-state index >= 15 is 0 Å². The lowest BCUT2D eigenvalue weighted by atomic mass is 10.1. The summed E-state index contributed by atoms with van der Waals surface area (Å²) in [6.07, 6.45) is 1.47. The van der Waals surface area contributed by atoms with Crippen LogP contribution in [-0.2, 0) is 16.1 Å². The van der Waals surface area contributed by atoms with Gasteiger partial charge in [0.2, 0.25) is 0 Å². The maximum atomic E-state index is 12.9. The van der Waals surface area contributed by atoms with Crippen molar-refractivity contribution in [3.05, 3.63) is 107 Å². The second-order valence-corrected chi connectivity index (χ2v) is 9.19. The van der Waals surface area contributed by atoms with Gasteiger partial charge in [0.1, 0.15) is 12.3 Å². The largest absolute Gasteiger partial charge is 0.495 e. The van der Waals surface area contributed by atoms with Crippen molar-refractivity contribution >= 4 is 45.5 Å². The van der Waals surface area contributed by atoms with Gasteiger partial charge in [-0.05, 0) is 60.2 Å². The van der Waals surface area contributed by atoms with E-state index in [1.54, 1.807) is 65.2 Å². The lowest BCUT2D eigenvalue weighted by Crippen LogP contribution is -2.25. The van der Waals surface area contributed by atoms with Crippen molar-refractivity contribution in [1.29, 1.82) is 0 Å². The molecule has 0 fully saturated rings. The molecule has 0 radical (unpaired) electrons. The van der Waals surface area contributed by atoms with Gasteiger partial charge in [0.25, 0.3) is 11.8 Å². The first-order valence-electron chi connectivity index (χ1n) is 13.0. The molecular formula is C32H28N4O6. The number of para-hydroxylation sites is 4. The zero-order chi connectivity index (χ0) is 29.5. The van der Waals surface area contributed by atoms with Crippen LogP contribution >= 0.6 is 0 Å². The molecule has 0 unspecified atom stereocenters. The fourth-order valence-electron chi connectivity index (χ4n) is 4.57. The predicted octanol–water partition coefficient (Wildman–Crippen LogP) is 4.34. The molecule has 0 saturated carbocycles. The van der Waals surface area contributed by atoms with E-state index < -0.39 is 0 Å². The zero-order valence-electron chi connectivity index (χ0n) is 23.0. The van der Waals surface area contributed by atoms with Gasteiger partial charge in [-0.25, -0.2) is 5.43 Å². The molecular weight excluding hydrogens is 536 g/mol. The monoisotopic (exact) mass is 564 g/mol. The summed E-state index contributed by atoms with van der Waals surface area (Å²) in [5.74, 6) is 0.573. The van der Waals surface area contributed by atoms with E-state index in [0.29, 0.717) is 50.3 Å². The Morgan fingerprint density at radius 2 is 1.43 bits per heavy atom. The minimum atomic E-state index is -0.363. The summed E-state index contributed by atoms with van der Waals surface area (Å²) < 4.78 is 18.1. The molecule has 0 aliphatic rings. The molecule has 0 aliphatic heterocycles. The quantitative estimate of drug-likeness (QED) is 0.148. The first kappa shape index (κ1) is 27.9. The first-order chi connectivity index (χ1) is 20.5. The average molecular weight is 565 g/mol. The third-order valence-corrected chi connectivity index (χ3v) is 6.51. The number of rotatable bonds is 10. The number of fused-ring (bicyclic) bond motifs is 2. The highest BCUT2D eigenvalue weighted by Crippen LogP contribution is 2.28. The number of anilines is 1. The lowest BCUT2D eigenvalue weighted by molar-refractivity contribution is -0.121. The summed E-state index contributed by atoms with van der Waals surface area (Å²) in [6.45, 7) is -0.280. The Bertz CT molecular complexity index is 1800. The highest BCUT2D eigenvalue weighted by molar-refractivity contribution is 5.95. The van der Waals surface area contributed by atoms with Gasteiger partial charge >= 0.3 is 0 Å². The second kappa shape index (κ2) is 12.7. The van der Waals surface area contributed by atoms with Crippen molar-refractivity contribution < 1.29 is 23.8 Å². The molecule has 1 aromatic heterocycles. The van der Waals surface area contributed by atoms with Gasteiger partial charge < -0.3 is 24.1 Å². The molecule has 5 aromatic rings. The van der Waals surface area contributed by atoms with Crippen LogP contribution < -0.4 is 30.4 Å². The van der Waals surface area contributed by atoms with Gasteiger partial charge in [-0.3, -0.25) is 14.4 Å². The molecule has 2 amide bonds. The lowest BCUT2D eigenvalue weighted by Gasteiger charge is -2.14. The van der Waals surface area contributed by atoms with Crippen LogP contribution in [0, 0.1) is 0 Å². The molecule has 10 nitrogen and oxygen atoms in total. The number of hydrogen-bond donors (Lipinski definition) is 2. The van der Waals surface area contributed by atoms with E-state index in [4.69, 9.17) is 14.2 Å². The van der Waals surface area contributed by atoms with Crippen molar-refractivity contribution in [1.82, 2.24) is 9.99 Å². The molecule has 5 rings (SSSR count). The smallest absolute Gasteiger partial charge is 0.262 e. The van der Waals surface area contributed by atoms with Gasteiger partial charge in [-0.2, -0.15) is 5.10 Å². The Hall–Kier alpha value is -5.64. The molecule has 0 saturated heterocycles. The number of aromatic nitrogens is 1. The highest BCUT2D eigenvalue weighted by atomic mass is 16.5. The highest BCUT2D eigenvalue weighted by Gasteiger charge is 2.13. The number of hydrogen-bond acceptors (Lipinski definition) is 7. The van der Waals surface area contributed by atoms with Gasteiger partial charge in [-0.1, -0.05) is 36.4 Å². The maximum Gasteiger partial charge on any atom is 0.262 e. The van der Waals surface area contributed by atoms with Gasteiger partial charge in [0, 0.05) is 10.8 Å². The number of benzene rings is 4. The second-order valence-electron chi connectivity index (χ2n) is 9.19. The van der Waals surface area contributed by atoms with Crippen LogP contribution in [0.4, 0.5) is 5.69 Å². The van der Waals surface area contributed by atoms with Crippen molar-refractivity contribution in [2.24, 2.45) is 5.10 Å². The number of nitrogens with one attached hydrogen (secondary N) is 2. The van der Waals surface area contributed by atoms with Gasteiger partial charge in [-0.15, -0.1) is 0 Å². The predicted molar refractivity (Wildman–Crippen MR) is 162 cm³/mol. The number of hydrazone groups is 1. The van der Waals surface area contributed by atoms with Crippen LogP contribution in [0.2, 0.25) is 0 Å². The Kier molecular flexibility index (Phi) is 8.43. The molecule has 10 heteroatoms. The molecule has 1 heterocycles. The van der Waals surface area contributed by atoms with Crippen LogP contribution in [0.3, 0.4) is 0 Å². The molecule has 2 N–H and O–H groups in total. The van der Waals surface area contributed by atoms with Crippen LogP contribution in [0.15, 0.2) is 101 Å². The average Bonchev–Trinajstić information content (AvgIpc) is 3.02. The van der Waals surface area contributed by atoms with E-state index in [-0.39, 0.29) is 30.4 Å². The van der Waals surface area contributed by atoms with E-state index in [1.165, 1.54) is 20.4 Å². The number of pyridine rings is 1. The normalized spacial score (nSPS) is 11.0. The summed E-state index contributed by atoms with van der Waals surface area (Å²) in [6, 6.07) is 26.5. The molecule has 0 bridgehead atoms. The number of ether oxygens (including phenoxy) is 3. The minimum absolute atomic E-state index is 0.0360. The van der Waals surface area contributed by atoms with Crippen LogP contribution in [-0.4, -0.2) is 43.4 Å². The standard InChI is InChI=1S/C32H28N4O6/c1-40-27-14-8-5-11-24(27)34-31(38)20-42-28-16-15-21(17-29(28)41-2)18-33-35-30(37)19-36-25-12-6-3-9-22(25)32(39)23-10-4-7-13-26(23)36/h3-18H,19-20H2,1-2H3,(H,34,38)(H,35,37)/b33-18+. The van der Waals surface area contributed by atoms with Crippen molar-refractivity contribution in [3.8, 4) is 17.2 Å². The number of nitrogens with zero attached hydrogens (tertiary/aromatic N) is 2. The molecule has 0 spiro atoms. The molecule has 212 valence electrons. The summed E-state index contributed by atoms with van der Waals surface area (Å²) in [5, 5.41) is 7.92. The Balaban J connectivity index is 1.23. The Labute approximate surface area is 241 Å². The van der Waals surface area contributed by atoms with Crippen LogP contribution in [0.25, 0.3) is 21.8 Å². The van der Waals surface area contributed by atoms with E-state index in [9.17, 15) is 14.4 Å². The summed E-state index contributed by atoms with van der Waals surface area (Å²) >= 11 is 0. The zero-order valence-corrected chi connectivity index (χ0v) is 23.0.